The van der Waals surface area contributed by atoms with Gasteiger partial charge in [-0.2, -0.15) is 0 Å². The first kappa shape index (κ1) is 10.7. The fourth-order valence-corrected chi connectivity index (χ4v) is 1.00. The number of benzene rings is 1. The summed E-state index contributed by atoms with van der Waals surface area (Å²) in [5.74, 6) is -0.616. The molecule has 0 spiro atoms. The molecule has 0 aromatic rings. The number of hydrogen-bond donors (Lipinski definition) is 1. The van der Waals surface area contributed by atoms with Crippen molar-refractivity contribution in [3.05, 3.63) is 24.3 Å². The summed E-state index contributed by atoms with van der Waals surface area (Å²) in [7, 11) is 2.69. The fourth-order valence-electron chi connectivity index (χ4n) is 1.00. The summed E-state index contributed by atoms with van der Waals surface area (Å²) in [6.45, 7) is 0. The van der Waals surface area contributed by atoms with Crippen molar-refractivity contribution < 1.29 is 14.3 Å². The molecule has 2 rings (SSSR count). The van der Waals surface area contributed by atoms with Gasteiger partial charge in [0.1, 0.15) is 0 Å². The van der Waals surface area contributed by atoms with E-state index < -0.39 is 12.2 Å². The molecule has 2 N–H and O–H groups in total. The maximum absolute atomic E-state index is 10.1. The highest BCUT2D eigenvalue weighted by Gasteiger charge is 2.10. The average Bonchev–Trinajstić information content (AvgIpc) is 2.76. The van der Waals surface area contributed by atoms with Crippen LogP contribution in [0.15, 0.2) is 24.3 Å². The molecule has 0 heterocycles. The zero-order valence-corrected chi connectivity index (χ0v) is 8.19. The van der Waals surface area contributed by atoms with Crippen molar-refractivity contribution in [2.75, 3.05) is 14.2 Å². The van der Waals surface area contributed by atoms with Gasteiger partial charge in [0.2, 0.25) is 6.29 Å². The standard InChI is InChI=1S/C6H4.C4H9NO3/c1-2-5-4-6(5)3-1;1-7-4(8-2)3(5)6/h1-4H;4H,1-2H3,(H2,5,6). The maximum Gasteiger partial charge on any atom is 0.274 e. The van der Waals surface area contributed by atoms with Gasteiger partial charge in [-0.05, 0) is 17.2 Å². The molecule has 0 bridgehead atoms. The van der Waals surface area contributed by atoms with Crippen molar-refractivity contribution in [3.8, 4) is 11.1 Å². The molecule has 0 aromatic carbocycles. The van der Waals surface area contributed by atoms with Gasteiger partial charge in [0.15, 0.2) is 0 Å². The Labute approximate surface area is 82.6 Å². The number of ether oxygens (including phenoxy) is 2. The third-order valence-corrected chi connectivity index (χ3v) is 1.77. The molecule has 0 saturated heterocycles. The third kappa shape index (κ3) is 2.83. The van der Waals surface area contributed by atoms with E-state index in [1.807, 2.05) is 0 Å². The number of primary amides is 1. The summed E-state index contributed by atoms with van der Waals surface area (Å²) in [6, 6.07) is 8.48. The van der Waals surface area contributed by atoms with Crippen LogP contribution in [0.4, 0.5) is 0 Å². The van der Waals surface area contributed by atoms with Crippen LogP contribution in [0.2, 0.25) is 0 Å². The third-order valence-electron chi connectivity index (χ3n) is 1.77. The molecular weight excluding hydrogens is 182 g/mol. The van der Waals surface area contributed by atoms with E-state index in [1.165, 1.54) is 25.3 Å². The molecule has 2 aliphatic rings. The maximum atomic E-state index is 10.1. The average molecular weight is 195 g/mol. The Kier molecular flexibility index (Phi) is 3.62. The minimum absolute atomic E-state index is 0.616. The summed E-state index contributed by atoms with van der Waals surface area (Å²) in [6.07, 6.45) is -0.907. The van der Waals surface area contributed by atoms with Gasteiger partial charge in [0.25, 0.3) is 5.91 Å². The second kappa shape index (κ2) is 4.74. The lowest BCUT2D eigenvalue weighted by Gasteiger charge is -2.06. The number of fused-ring (bicyclic) bond motifs is 1. The van der Waals surface area contributed by atoms with Crippen LogP contribution < -0.4 is 5.73 Å². The minimum atomic E-state index is -0.907. The highest BCUT2D eigenvalue weighted by molar-refractivity contribution is 5.80. The van der Waals surface area contributed by atoms with Gasteiger partial charge in [-0.25, -0.2) is 0 Å². The fraction of sp³-hybridized carbons (Fsp3) is 0.300. The molecule has 0 saturated carbocycles. The monoisotopic (exact) mass is 195 g/mol. The second-order valence-electron chi connectivity index (χ2n) is 2.79. The number of carbonyl (C=O) groups excluding carboxylic acids is 1. The molecule has 0 aliphatic heterocycles. The molecule has 0 aromatic heterocycles. The number of carbonyl (C=O) groups is 1. The van der Waals surface area contributed by atoms with Crippen molar-refractivity contribution in [1.29, 1.82) is 0 Å². The van der Waals surface area contributed by atoms with E-state index in [0.717, 1.165) is 0 Å². The SMILES string of the molecule is COC(OC)C(N)=O.c1cc2cc-2c1. The van der Waals surface area contributed by atoms with Crippen molar-refractivity contribution in [2.45, 2.75) is 6.29 Å². The van der Waals surface area contributed by atoms with Crippen molar-refractivity contribution >= 4 is 5.91 Å². The Hall–Kier alpha value is -1.39. The van der Waals surface area contributed by atoms with Crippen molar-refractivity contribution in [2.24, 2.45) is 5.73 Å². The Morgan fingerprint density at radius 3 is 1.86 bits per heavy atom. The van der Waals surface area contributed by atoms with Gasteiger partial charge in [-0.15, -0.1) is 0 Å². The summed E-state index contributed by atoms with van der Waals surface area (Å²) in [4.78, 5) is 10.1. The summed E-state index contributed by atoms with van der Waals surface area (Å²) < 4.78 is 8.93. The normalized spacial score (nSPS) is 10.5. The van der Waals surface area contributed by atoms with Crippen LogP contribution in [0.25, 0.3) is 11.1 Å². The topological polar surface area (TPSA) is 61.6 Å². The van der Waals surface area contributed by atoms with Crippen LogP contribution in [-0.4, -0.2) is 26.4 Å². The molecule has 0 atom stereocenters. The summed E-state index contributed by atoms with van der Waals surface area (Å²) in [5.41, 5.74) is 7.62. The lowest BCUT2D eigenvalue weighted by atomic mass is 10.6. The second-order valence-corrected chi connectivity index (χ2v) is 2.79. The minimum Gasteiger partial charge on any atom is -0.365 e. The van der Waals surface area contributed by atoms with Gasteiger partial charge in [0.05, 0.1) is 0 Å². The summed E-state index contributed by atoms with van der Waals surface area (Å²) >= 11 is 0. The molecule has 0 radical (unpaired) electrons. The molecule has 1 amide bonds. The van der Waals surface area contributed by atoms with Crippen LogP contribution >= 0.6 is 0 Å². The van der Waals surface area contributed by atoms with Crippen LogP contribution in [0.1, 0.15) is 0 Å². The number of methoxy groups -OCH3 is 2. The largest absolute Gasteiger partial charge is 0.365 e. The number of rotatable bonds is 3. The molecule has 4 nitrogen and oxygen atoms in total. The van der Waals surface area contributed by atoms with Crippen LogP contribution in [-0.2, 0) is 14.3 Å². The van der Waals surface area contributed by atoms with E-state index >= 15 is 0 Å². The predicted molar refractivity (Wildman–Crippen MR) is 52.4 cm³/mol. The lowest BCUT2D eigenvalue weighted by Crippen LogP contribution is -2.31. The Morgan fingerprint density at radius 1 is 1.29 bits per heavy atom. The van der Waals surface area contributed by atoms with Crippen LogP contribution in [0.3, 0.4) is 0 Å². The van der Waals surface area contributed by atoms with E-state index in [4.69, 9.17) is 5.73 Å². The van der Waals surface area contributed by atoms with E-state index in [2.05, 4.69) is 33.7 Å². The zero-order valence-electron chi connectivity index (χ0n) is 8.19. The zero-order chi connectivity index (χ0) is 10.6. The molecule has 76 valence electrons. The van der Waals surface area contributed by atoms with Crippen LogP contribution in [0.5, 0.6) is 0 Å². The van der Waals surface area contributed by atoms with Gasteiger partial charge in [0, 0.05) is 14.2 Å². The first-order chi connectivity index (χ1) is 6.69. The van der Waals surface area contributed by atoms with E-state index in [-0.39, 0.29) is 0 Å². The van der Waals surface area contributed by atoms with Crippen LogP contribution in [0, 0.1) is 0 Å². The molecule has 2 aliphatic carbocycles. The summed E-state index contributed by atoms with van der Waals surface area (Å²) in [5, 5.41) is 0. The molecular formula is C10H13NO3. The molecule has 14 heavy (non-hydrogen) atoms. The first-order valence-electron chi connectivity index (χ1n) is 4.14. The van der Waals surface area contributed by atoms with Gasteiger partial charge >= 0.3 is 0 Å². The number of hydrogen-bond acceptors (Lipinski definition) is 3. The molecule has 4 heteroatoms. The van der Waals surface area contributed by atoms with E-state index in [9.17, 15) is 4.79 Å². The Morgan fingerprint density at radius 2 is 1.79 bits per heavy atom. The quantitative estimate of drug-likeness (QED) is 0.735. The number of amides is 1. The molecule has 0 fully saturated rings. The van der Waals surface area contributed by atoms with E-state index in [1.54, 1.807) is 0 Å². The van der Waals surface area contributed by atoms with Crippen molar-refractivity contribution in [1.82, 2.24) is 0 Å². The highest BCUT2D eigenvalue weighted by Crippen LogP contribution is 2.32. The van der Waals surface area contributed by atoms with Gasteiger partial charge in [-0.3, -0.25) is 4.79 Å². The Balaban J connectivity index is 0.000000143. The van der Waals surface area contributed by atoms with Crippen molar-refractivity contribution in [3.63, 3.8) is 0 Å². The lowest BCUT2D eigenvalue weighted by molar-refractivity contribution is -0.155. The predicted octanol–water partition coefficient (Wildman–Crippen LogP) is 0.758. The molecule has 0 unspecified atom stereocenters. The smallest absolute Gasteiger partial charge is 0.274 e. The van der Waals surface area contributed by atoms with Gasteiger partial charge in [-0.1, -0.05) is 18.2 Å². The first-order valence-corrected chi connectivity index (χ1v) is 4.14. The van der Waals surface area contributed by atoms with Gasteiger partial charge < -0.3 is 15.2 Å². The highest BCUT2D eigenvalue weighted by atomic mass is 16.7. The Bertz CT molecular complexity index is 304. The number of nitrogens with two attached hydrogens (primary N) is 1. The van der Waals surface area contributed by atoms with E-state index in [0.29, 0.717) is 0 Å².